The van der Waals surface area contributed by atoms with Crippen LogP contribution in [-0.2, 0) is 0 Å². The van der Waals surface area contributed by atoms with Gasteiger partial charge in [-0.2, -0.15) is 0 Å². The molecule has 0 fully saturated rings. The lowest BCUT2D eigenvalue weighted by atomic mass is 9.81. The van der Waals surface area contributed by atoms with Crippen molar-refractivity contribution in [2.45, 2.75) is 59.5 Å². The summed E-state index contributed by atoms with van der Waals surface area (Å²) in [5.74, 6) is 0. The Hall–Kier alpha value is -0.930. The standard InChI is InChI=1S/C17H26N2S/c1-12(19-17(5,6)11-16(2,3)4)15-18-13-9-7-8-10-14(13)20-15/h7-10,12,19H,11H2,1-6H3. The molecular weight excluding hydrogens is 264 g/mol. The van der Waals surface area contributed by atoms with Crippen molar-refractivity contribution in [2.75, 3.05) is 0 Å². The molecule has 1 atom stereocenters. The van der Waals surface area contributed by atoms with Gasteiger partial charge in [0.1, 0.15) is 5.01 Å². The minimum absolute atomic E-state index is 0.107. The van der Waals surface area contributed by atoms with Gasteiger partial charge in [0.05, 0.1) is 16.3 Å². The molecule has 0 spiro atoms. The molecule has 0 saturated heterocycles. The largest absolute Gasteiger partial charge is 0.303 e. The van der Waals surface area contributed by atoms with Gasteiger partial charge in [-0.15, -0.1) is 11.3 Å². The topological polar surface area (TPSA) is 24.9 Å². The third-order valence-electron chi connectivity index (χ3n) is 3.26. The Labute approximate surface area is 126 Å². The number of rotatable bonds is 4. The maximum absolute atomic E-state index is 4.75. The van der Waals surface area contributed by atoms with Crippen molar-refractivity contribution < 1.29 is 0 Å². The molecular formula is C17H26N2S. The molecule has 20 heavy (non-hydrogen) atoms. The molecule has 1 heterocycles. The minimum Gasteiger partial charge on any atom is -0.303 e. The normalized spacial score (nSPS) is 14.7. The van der Waals surface area contributed by atoms with Crippen LogP contribution in [0.5, 0.6) is 0 Å². The van der Waals surface area contributed by atoms with E-state index >= 15 is 0 Å². The highest BCUT2D eigenvalue weighted by atomic mass is 32.1. The number of aromatic nitrogens is 1. The first-order valence-corrected chi connectivity index (χ1v) is 8.11. The molecule has 0 aliphatic carbocycles. The molecule has 1 N–H and O–H groups in total. The number of benzene rings is 1. The van der Waals surface area contributed by atoms with Gasteiger partial charge < -0.3 is 5.32 Å². The Morgan fingerprint density at radius 3 is 2.40 bits per heavy atom. The van der Waals surface area contributed by atoms with E-state index in [0.29, 0.717) is 5.41 Å². The highest BCUT2D eigenvalue weighted by Crippen LogP contribution is 2.31. The van der Waals surface area contributed by atoms with Crippen LogP contribution in [-0.4, -0.2) is 10.5 Å². The van der Waals surface area contributed by atoms with E-state index in [1.165, 1.54) is 9.71 Å². The molecule has 0 aliphatic rings. The molecule has 1 unspecified atom stereocenters. The van der Waals surface area contributed by atoms with Crippen LogP contribution in [0.2, 0.25) is 0 Å². The second kappa shape index (κ2) is 5.45. The van der Waals surface area contributed by atoms with Gasteiger partial charge in [-0.25, -0.2) is 4.98 Å². The van der Waals surface area contributed by atoms with Crippen LogP contribution in [0.25, 0.3) is 10.2 Å². The van der Waals surface area contributed by atoms with E-state index in [1.807, 2.05) is 6.07 Å². The summed E-state index contributed by atoms with van der Waals surface area (Å²) >= 11 is 1.79. The van der Waals surface area contributed by atoms with Crippen molar-refractivity contribution in [3.8, 4) is 0 Å². The minimum atomic E-state index is 0.107. The molecule has 0 bridgehead atoms. The van der Waals surface area contributed by atoms with Crippen LogP contribution in [0.3, 0.4) is 0 Å². The second-order valence-corrected chi connectivity index (χ2v) is 8.57. The second-order valence-electron chi connectivity index (χ2n) is 7.51. The average molecular weight is 290 g/mol. The Balaban J connectivity index is 2.13. The fourth-order valence-electron chi connectivity index (χ4n) is 3.10. The highest BCUT2D eigenvalue weighted by Gasteiger charge is 2.27. The molecule has 0 radical (unpaired) electrons. The van der Waals surface area contributed by atoms with Crippen molar-refractivity contribution >= 4 is 21.6 Å². The Morgan fingerprint density at radius 1 is 1.15 bits per heavy atom. The van der Waals surface area contributed by atoms with Crippen LogP contribution in [0.1, 0.15) is 59.0 Å². The van der Waals surface area contributed by atoms with Crippen molar-refractivity contribution in [3.63, 3.8) is 0 Å². The van der Waals surface area contributed by atoms with Gasteiger partial charge in [0.25, 0.3) is 0 Å². The van der Waals surface area contributed by atoms with Crippen molar-refractivity contribution in [3.05, 3.63) is 29.3 Å². The maximum atomic E-state index is 4.75. The van der Waals surface area contributed by atoms with E-state index < -0.39 is 0 Å². The zero-order valence-electron chi connectivity index (χ0n) is 13.4. The SMILES string of the molecule is CC(NC(C)(C)CC(C)(C)C)c1nc2ccccc2s1. The lowest BCUT2D eigenvalue weighted by molar-refractivity contribution is 0.226. The zero-order chi connectivity index (χ0) is 15.0. The first-order chi connectivity index (χ1) is 9.16. The Morgan fingerprint density at radius 2 is 1.80 bits per heavy atom. The van der Waals surface area contributed by atoms with Crippen LogP contribution in [0.4, 0.5) is 0 Å². The van der Waals surface area contributed by atoms with Gasteiger partial charge in [-0.3, -0.25) is 0 Å². The van der Waals surface area contributed by atoms with Gasteiger partial charge in [0.2, 0.25) is 0 Å². The average Bonchev–Trinajstić information content (AvgIpc) is 2.68. The number of nitrogens with one attached hydrogen (secondary N) is 1. The lowest BCUT2D eigenvalue weighted by Gasteiger charge is -2.35. The summed E-state index contributed by atoms with van der Waals surface area (Å²) in [5.41, 5.74) is 1.54. The fourth-order valence-corrected chi connectivity index (χ4v) is 4.07. The van der Waals surface area contributed by atoms with E-state index in [4.69, 9.17) is 4.98 Å². The van der Waals surface area contributed by atoms with Gasteiger partial charge in [-0.1, -0.05) is 32.9 Å². The van der Waals surface area contributed by atoms with Crippen LogP contribution in [0.15, 0.2) is 24.3 Å². The number of fused-ring (bicyclic) bond motifs is 1. The molecule has 110 valence electrons. The Kier molecular flexibility index (Phi) is 4.22. The van der Waals surface area contributed by atoms with Gasteiger partial charge in [0, 0.05) is 5.54 Å². The van der Waals surface area contributed by atoms with E-state index in [1.54, 1.807) is 11.3 Å². The summed E-state index contributed by atoms with van der Waals surface area (Å²) in [6.07, 6.45) is 1.13. The number of thiazole rings is 1. The van der Waals surface area contributed by atoms with Crippen LogP contribution < -0.4 is 5.32 Å². The summed E-state index contributed by atoms with van der Waals surface area (Å²) in [7, 11) is 0. The predicted octanol–water partition coefficient (Wildman–Crippen LogP) is 5.16. The molecule has 2 nitrogen and oxygen atoms in total. The molecule has 0 aliphatic heterocycles. The van der Waals surface area contributed by atoms with Gasteiger partial charge in [0.15, 0.2) is 0 Å². The van der Waals surface area contributed by atoms with Gasteiger partial charge in [-0.05, 0) is 44.7 Å². The molecule has 0 saturated carbocycles. The smallest absolute Gasteiger partial charge is 0.111 e. The van der Waals surface area contributed by atoms with Crippen LogP contribution >= 0.6 is 11.3 Å². The summed E-state index contributed by atoms with van der Waals surface area (Å²) in [6, 6.07) is 8.63. The number of nitrogens with zero attached hydrogens (tertiary/aromatic N) is 1. The van der Waals surface area contributed by atoms with E-state index in [-0.39, 0.29) is 11.6 Å². The zero-order valence-corrected chi connectivity index (χ0v) is 14.3. The quantitative estimate of drug-likeness (QED) is 0.841. The summed E-state index contributed by atoms with van der Waals surface area (Å²) in [5, 5.41) is 4.91. The highest BCUT2D eigenvalue weighted by molar-refractivity contribution is 7.18. The maximum Gasteiger partial charge on any atom is 0.111 e. The molecule has 1 aromatic carbocycles. The number of hydrogen-bond donors (Lipinski definition) is 1. The Bertz CT molecular complexity index is 545. The summed E-state index contributed by atoms with van der Waals surface area (Å²) in [4.78, 5) is 4.75. The number of para-hydroxylation sites is 1. The molecule has 3 heteroatoms. The summed E-state index contributed by atoms with van der Waals surface area (Å²) < 4.78 is 1.27. The third kappa shape index (κ3) is 4.03. The fraction of sp³-hybridized carbons (Fsp3) is 0.588. The van der Waals surface area contributed by atoms with Crippen LogP contribution in [0, 0.1) is 5.41 Å². The predicted molar refractivity (Wildman–Crippen MR) is 89.3 cm³/mol. The third-order valence-corrected chi connectivity index (χ3v) is 4.48. The van der Waals surface area contributed by atoms with Crippen molar-refractivity contribution in [1.82, 2.24) is 10.3 Å². The van der Waals surface area contributed by atoms with E-state index in [0.717, 1.165) is 11.9 Å². The first-order valence-electron chi connectivity index (χ1n) is 7.29. The molecule has 0 amide bonds. The van der Waals surface area contributed by atoms with Crippen molar-refractivity contribution in [2.24, 2.45) is 5.41 Å². The van der Waals surface area contributed by atoms with Gasteiger partial charge >= 0.3 is 0 Å². The molecule has 1 aromatic heterocycles. The summed E-state index contributed by atoms with van der Waals surface area (Å²) in [6.45, 7) is 13.6. The number of hydrogen-bond acceptors (Lipinski definition) is 3. The van der Waals surface area contributed by atoms with E-state index in [2.05, 4.69) is 65.1 Å². The van der Waals surface area contributed by atoms with Crippen molar-refractivity contribution in [1.29, 1.82) is 0 Å². The lowest BCUT2D eigenvalue weighted by Crippen LogP contribution is -2.43. The van der Waals surface area contributed by atoms with E-state index in [9.17, 15) is 0 Å². The monoisotopic (exact) mass is 290 g/mol. The first kappa shape index (κ1) is 15.5. The molecule has 2 rings (SSSR count). The molecule has 2 aromatic rings.